The van der Waals surface area contributed by atoms with Crippen LogP contribution in [0, 0.1) is 11.3 Å². The molecule has 5 nitrogen and oxygen atoms in total. The van der Waals surface area contributed by atoms with E-state index in [0.29, 0.717) is 11.5 Å². The minimum absolute atomic E-state index is 0.502. The van der Waals surface area contributed by atoms with Crippen LogP contribution in [0.15, 0.2) is 29.4 Å². The molecule has 1 aliphatic carbocycles. The number of hydrogen-bond acceptors (Lipinski definition) is 5. The molecule has 6 heteroatoms. The summed E-state index contributed by atoms with van der Waals surface area (Å²) >= 11 is 1.56. The van der Waals surface area contributed by atoms with Crippen LogP contribution in [0.25, 0.3) is 0 Å². The molecule has 3 rings (SSSR count). The Morgan fingerprint density at radius 2 is 2.05 bits per heavy atom. The molecule has 0 bridgehead atoms. The highest BCUT2D eigenvalue weighted by Gasteiger charge is 2.29. The van der Waals surface area contributed by atoms with Gasteiger partial charge in [-0.05, 0) is 30.5 Å². The van der Waals surface area contributed by atoms with Crippen molar-refractivity contribution in [3.8, 4) is 6.07 Å². The Hall–Kier alpha value is -2.00. The van der Waals surface area contributed by atoms with E-state index in [1.165, 1.54) is 0 Å². The van der Waals surface area contributed by atoms with Crippen LogP contribution in [0.2, 0.25) is 0 Å². The van der Waals surface area contributed by atoms with Crippen LogP contribution in [0.5, 0.6) is 0 Å². The van der Waals surface area contributed by atoms with Crippen molar-refractivity contribution < 1.29 is 0 Å². The van der Waals surface area contributed by atoms with Crippen molar-refractivity contribution >= 4 is 11.8 Å². The van der Waals surface area contributed by atoms with E-state index in [2.05, 4.69) is 16.3 Å². The third kappa shape index (κ3) is 2.56. The minimum Gasteiger partial charge on any atom is -0.336 e. The van der Waals surface area contributed by atoms with E-state index in [-0.39, 0.29) is 0 Å². The van der Waals surface area contributed by atoms with Gasteiger partial charge in [0.15, 0.2) is 5.82 Å². The highest BCUT2D eigenvalue weighted by Crippen LogP contribution is 2.39. The van der Waals surface area contributed by atoms with Gasteiger partial charge >= 0.3 is 0 Å². The van der Waals surface area contributed by atoms with Crippen molar-refractivity contribution in [2.75, 3.05) is 5.84 Å². The predicted molar refractivity (Wildman–Crippen MR) is 72.9 cm³/mol. The number of rotatable bonds is 4. The standard InChI is InChI=1S/C13H13N5S/c14-7-9-1-3-10(4-2-9)8-19-13-17-16-12(18(13)15)11-5-6-11/h1-4,11H,5-6,8,15H2. The summed E-state index contributed by atoms with van der Waals surface area (Å²) in [5.41, 5.74) is 1.81. The lowest BCUT2D eigenvalue weighted by Crippen LogP contribution is -2.13. The molecule has 0 aliphatic heterocycles. The molecule has 2 N–H and O–H groups in total. The second kappa shape index (κ2) is 4.94. The van der Waals surface area contributed by atoms with Crippen LogP contribution < -0.4 is 5.84 Å². The monoisotopic (exact) mass is 271 g/mol. The Bertz CT molecular complexity index is 621. The quantitative estimate of drug-likeness (QED) is 0.679. The number of nitriles is 1. The number of nitrogens with zero attached hydrogens (tertiary/aromatic N) is 4. The van der Waals surface area contributed by atoms with Crippen LogP contribution >= 0.6 is 11.8 Å². The summed E-state index contributed by atoms with van der Waals surface area (Å²) in [6, 6.07) is 9.64. The van der Waals surface area contributed by atoms with Crippen LogP contribution in [-0.4, -0.2) is 14.9 Å². The molecular weight excluding hydrogens is 258 g/mol. The maximum Gasteiger partial charge on any atom is 0.210 e. The van der Waals surface area contributed by atoms with Gasteiger partial charge in [0.1, 0.15) is 0 Å². The number of benzene rings is 1. The zero-order valence-electron chi connectivity index (χ0n) is 10.3. The molecule has 2 aromatic rings. The second-order valence-corrected chi connectivity index (χ2v) is 5.52. The van der Waals surface area contributed by atoms with Gasteiger partial charge in [-0.15, -0.1) is 10.2 Å². The van der Waals surface area contributed by atoms with Crippen molar-refractivity contribution in [3.63, 3.8) is 0 Å². The van der Waals surface area contributed by atoms with Crippen LogP contribution in [0.1, 0.15) is 35.7 Å². The van der Waals surface area contributed by atoms with E-state index in [1.807, 2.05) is 24.3 Å². The molecule has 1 aromatic heterocycles. The molecule has 0 atom stereocenters. The highest BCUT2D eigenvalue weighted by molar-refractivity contribution is 7.98. The molecule has 0 amide bonds. The Labute approximate surface area is 115 Å². The first kappa shape index (κ1) is 12.1. The van der Waals surface area contributed by atoms with Gasteiger partial charge in [0, 0.05) is 11.7 Å². The third-order valence-corrected chi connectivity index (χ3v) is 4.10. The Morgan fingerprint density at radius 3 is 2.68 bits per heavy atom. The van der Waals surface area contributed by atoms with Crippen LogP contribution in [0.3, 0.4) is 0 Å². The number of nitrogens with two attached hydrogens (primary N) is 1. The van der Waals surface area contributed by atoms with Gasteiger partial charge in [-0.3, -0.25) is 0 Å². The van der Waals surface area contributed by atoms with Gasteiger partial charge in [-0.25, -0.2) is 4.68 Å². The second-order valence-electron chi connectivity index (χ2n) is 4.58. The maximum atomic E-state index is 8.74. The lowest BCUT2D eigenvalue weighted by atomic mass is 10.2. The molecular formula is C13H13N5S. The van der Waals surface area contributed by atoms with E-state index < -0.39 is 0 Å². The van der Waals surface area contributed by atoms with Gasteiger partial charge in [0.05, 0.1) is 11.6 Å². The van der Waals surface area contributed by atoms with Crippen LogP contribution in [-0.2, 0) is 5.75 Å². The smallest absolute Gasteiger partial charge is 0.210 e. The summed E-state index contributed by atoms with van der Waals surface area (Å²) in [4.78, 5) is 0. The van der Waals surface area contributed by atoms with Gasteiger partial charge in [-0.1, -0.05) is 23.9 Å². The molecule has 19 heavy (non-hydrogen) atoms. The average Bonchev–Trinajstić information content (AvgIpc) is 3.22. The fraction of sp³-hybridized carbons (Fsp3) is 0.308. The van der Waals surface area contributed by atoms with Gasteiger partial charge in [-0.2, -0.15) is 5.26 Å². The predicted octanol–water partition coefficient (Wildman–Crippen LogP) is 2.03. The molecule has 1 heterocycles. The number of aromatic nitrogens is 3. The van der Waals surface area contributed by atoms with Crippen molar-refractivity contribution in [1.82, 2.24) is 14.9 Å². The zero-order chi connectivity index (χ0) is 13.2. The van der Waals surface area contributed by atoms with Crippen molar-refractivity contribution in [3.05, 3.63) is 41.2 Å². The van der Waals surface area contributed by atoms with Crippen molar-refractivity contribution in [1.29, 1.82) is 5.26 Å². The fourth-order valence-corrected chi connectivity index (χ4v) is 2.65. The van der Waals surface area contributed by atoms with E-state index in [0.717, 1.165) is 35.1 Å². The maximum absolute atomic E-state index is 8.74. The first-order valence-electron chi connectivity index (χ1n) is 6.10. The first-order chi connectivity index (χ1) is 9.28. The van der Waals surface area contributed by atoms with Gasteiger partial charge in [0.2, 0.25) is 5.16 Å². The average molecular weight is 271 g/mol. The highest BCUT2D eigenvalue weighted by atomic mass is 32.2. The first-order valence-corrected chi connectivity index (χ1v) is 7.08. The Balaban J connectivity index is 1.66. The SMILES string of the molecule is N#Cc1ccc(CSc2nnc(C3CC3)n2N)cc1. The lowest BCUT2D eigenvalue weighted by molar-refractivity contribution is 0.790. The van der Waals surface area contributed by atoms with E-state index in [9.17, 15) is 0 Å². The van der Waals surface area contributed by atoms with E-state index in [1.54, 1.807) is 16.4 Å². The normalized spacial score (nSPS) is 14.3. The summed E-state index contributed by atoms with van der Waals surface area (Å²) in [6.45, 7) is 0. The molecule has 0 spiro atoms. The summed E-state index contributed by atoms with van der Waals surface area (Å²) in [5, 5.41) is 17.7. The van der Waals surface area contributed by atoms with E-state index in [4.69, 9.17) is 11.1 Å². The Kier molecular flexibility index (Phi) is 3.13. The molecule has 1 fully saturated rings. The summed E-state index contributed by atoms with van der Waals surface area (Å²) in [6.07, 6.45) is 2.32. The van der Waals surface area contributed by atoms with E-state index >= 15 is 0 Å². The van der Waals surface area contributed by atoms with Crippen molar-refractivity contribution in [2.24, 2.45) is 0 Å². The largest absolute Gasteiger partial charge is 0.336 e. The summed E-state index contributed by atoms with van der Waals surface area (Å²) in [7, 11) is 0. The topological polar surface area (TPSA) is 80.5 Å². The summed E-state index contributed by atoms with van der Waals surface area (Å²) in [5.74, 6) is 8.14. The lowest BCUT2D eigenvalue weighted by Gasteiger charge is -2.03. The number of hydrogen-bond donors (Lipinski definition) is 1. The molecule has 0 saturated heterocycles. The molecule has 1 aromatic carbocycles. The fourth-order valence-electron chi connectivity index (χ4n) is 1.83. The molecule has 0 unspecified atom stereocenters. The molecule has 1 aliphatic rings. The minimum atomic E-state index is 0.502. The van der Waals surface area contributed by atoms with Crippen molar-refractivity contribution in [2.45, 2.75) is 29.7 Å². The van der Waals surface area contributed by atoms with Gasteiger partial charge < -0.3 is 5.84 Å². The Morgan fingerprint density at radius 1 is 1.32 bits per heavy atom. The van der Waals surface area contributed by atoms with Gasteiger partial charge in [0.25, 0.3) is 0 Å². The third-order valence-electron chi connectivity index (χ3n) is 3.08. The summed E-state index contributed by atoms with van der Waals surface area (Å²) < 4.78 is 1.60. The van der Waals surface area contributed by atoms with Crippen LogP contribution in [0.4, 0.5) is 0 Å². The zero-order valence-corrected chi connectivity index (χ0v) is 11.1. The molecule has 0 radical (unpaired) electrons. The molecule has 96 valence electrons. The number of nitrogen functional groups attached to an aromatic ring is 1. The number of thioether (sulfide) groups is 1. The molecule has 1 saturated carbocycles.